The molecule has 8 heteroatoms. The van der Waals surface area contributed by atoms with E-state index < -0.39 is 0 Å². The molecule has 1 aliphatic heterocycles. The van der Waals surface area contributed by atoms with Crippen LogP contribution in [0.2, 0.25) is 0 Å². The summed E-state index contributed by atoms with van der Waals surface area (Å²) in [4.78, 5) is 12.4. The topological polar surface area (TPSA) is 72.3 Å². The van der Waals surface area contributed by atoms with Crippen LogP contribution in [0.5, 0.6) is 0 Å². The summed E-state index contributed by atoms with van der Waals surface area (Å²) in [6, 6.07) is 30.9. The number of thiazole rings is 1. The van der Waals surface area contributed by atoms with Gasteiger partial charge in [0.05, 0.1) is 22.1 Å². The van der Waals surface area contributed by atoms with Gasteiger partial charge in [0.15, 0.2) is 0 Å². The lowest BCUT2D eigenvalue weighted by atomic mass is 10.2. The Labute approximate surface area is 265 Å². The van der Waals surface area contributed by atoms with Crippen LogP contribution in [0.25, 0.3) is 16.3 Å². The number of aliphatic imine (C=N–C) groups is 2. The van der Waals surface area contributed by atoms with Crippen molar-refractivity contribution in [3.63, 3.8) is 0 Å². The summed E-state index contributed by atoms with van der Waals surface area (Å²) in [5.74, 6) is 0.0184. The van der Waals surface area contributed by atoms with Crippen LogP contribution in [0.3, 0.4) is 0 Å². The predicted octanol–water partition coefficient (Wildman–Crippen LogP) is 9.36. The van der Waals surface area contributed by atoms with E-state index in [1.54, 1.807) is 23.1 Å². The van der Waals surface area contributed by atoms with Gasteiger partial charge in [-0.15, -0.1) is 0 Å². The maximum Gasteiger partial charge on any atom is 0.262 e. The Morgan fingerprint density at radius 1 is 0.818 bits per heavy atom. The molecule has 5 aromatic rings. The minimum absolute atomic E-state index is 0.00919. The molecule has 0 amide bonds. The first-order valence-corrected chi connectivity index (χ1v) is 16.2. The Hall–Kier alpha value is -4.66. The van der Waals surface area contributed by atoms with E-state index in [1.807, 2.05) is 84.9 Å². The van der Waals surface area contributed by atoms with Crippen molar-refractivity contribution in [3.05, 3.63) is 130 Å². The molecule has 6 nitrogen and oxygen atoms in total. The lowest BCUT2D eigenvalue weighted by Gasteiger charge is -2.18. The smallest absolute Gasteiger partial charge is 0.262 e. The van der Waals surface area contributed by atoms with Crippen LogP contribution in [-0.2, 0) is 6.54 Å². The normalized spacial score (nSPS) is 14.9. The summed E-state index contributed by atoms with van der Waals surface area (Å²) in [7, 11) is 0. The van der Waals surface area contributed by atoms with Crippen LogP contribution in [0.4, 0.5) is 17.1 Å². The quantitative estimate of drug-likeness (QED) is 0.103. The van der Waals surface area contributed by atoms with Crippen molar-refractivity contribution in [1.29, 1.82) is 0 Å². The number of thioether (sulfide) groups is 1. The zero-order chi connectivity index (χ0) is 30.6. The monoisotopic (exact) mass is 617 g/mol. The first kappa shape index (κ1) is 29.4. The Morgan fingerprint density at radius 2 is 1.43 bits per heavy atom. The highest BCUT2D eigenvalue weighted by molar-refractivity contribution is 8.03. The van der Waals surface area contributed by atoms with E-state index in [0.717, 1.165) is 60.9 Å². The third-order valence-electron chi connectivity index (χ3n) is 7.30. The lowest BCUT2D eigenvalue weighted by Crippen LogP contribution is -2.33. The summed E-state index contributed by atoms with van der Waals surface area (Å²) >= 11 is 3.44. The molecule has 0 spiro atoms. The van der Waals surface area contributed by atoms with E-state index in [4.69, 9.17) is 0 Å². The summed E-state index contributed by atoms with van der Waals surface area (Å²) in [6.07, 6.45) is 4.47. The number of hydrogen-bond acceptors (Lipinski definition) is 5. The highest BCUT2D eigenvalue weighted by Crippen LogP contribution is 2.47. The van der Waals surface area contributed by atoms with Crippen LogP contribution in [-0.4, -0.2) is 28.6 Å². The fourth-order valence-electron chi connectivity index (χ4n) is 5.17. The number of aryl methyl sites for hydroxylation is 1. The molecule has 44 heavy (non-hydrogen) atoms. The SMILES string of the molecule is CCN1C(=CC(C)=Cc2sc3cc(N=C(O)c4ccccc4)ccc3[n+]2CC)Sc2cc(N=C(O)c3ccccc3)ccc21. The van der Waals surface area contributed by atoms with Crippen molar-refractivity contribution in [2.75, 3.05) is 11.4 Å². The molecule has 1 aliphatic rings. The zero-order valence-corrected chi connectivity index (χ0v) is 26.4. The molecule has 0 fully saturated rings. The van der Waals surface area contributed by atoms with Gasteiger partial charge in [-0.2, -0.15) is 4.57 Å². The second-order valence-electron chi connectivity index (χ2n) is 10.3. The average molecular weight is 618 g/mol. The second kappa shape index (κ2) is 12.9. The van der Waals surface area contributed by atoms with E-state index in [0.29, 0.717) is 11.1 Å². The molecule has 0 unspecified atom stereocenters. The maximum absolute atomic E-state index is 10.5. The highest BCUT2D eigenvalue weighted by atomic mass is 32.2. The summed E-state index contributed by atoms with van der Waals surface area (Å²) in [6.45, 7) is 8.13. The van der Waals surface area contributed by atoms with Crippen LogP contribution < -0.4 is 9.47 Å². The molecule has 6 rings (SSSR count). The molecular weight excluding hydrogens is 585 g/mol. The Kier molecular flexibility index (Phi) is 8.63. The number of benzene rings is 4. The third-order valence-corrected chi connectivity index (χ3v) is 9.49. The minimum atomic E-state index is 0.00919. The first-order valence-electron chi connectivity index (χ1n) is 14.6. The number of nitrogens with zero attached hydrogens (tertiary/aromatic N) is 4. The van der Waals surface area contributed by atoms with Gasteiger partial charge in [-0.3, -0.25) is 0 Å². The van der Waals surface area contributed by atoms with Crippen LogP contribution in [0.1, 0.15) is 36.9 Å². The molecule has 0 bridgehead atoms. The summed E-state index contributed by atoms with van der Waals surface area (Å²) in [5.41, 5.74) is 6.26. The molecule has 2 N–H and O–H groups in total. The van der Waals surface area contributed by atoms with Crippen LogP contribution in [0.15, 0.2) is 129 Å². The van der Waals surface area contributed by atoms with Crippen molar-refractivity contribution in [2.45, 2.75) is 32.2 Å². The molecule has 220 valence electrons. The zero-order valence-electron chi connectivity index (χ0n) is 24.8. The summed E-state index contributed by atoms with van der Waals surface area (Å²) in [5, 5.41) is 23.4. The number of rotatable bonds is 8. The van der Waals surface area contributed by atoms with Gasteiger partial charge < -0.3 is 15.1 Å². The van der Waals surface area contributed by atoms with Gasteiger partial charge in [0.1, 0.15) is 11.2 Å². The maximum atomic E-state index is 10.5. The standard InChI is InChI=1S/C36H32N4O2S2/c1-4-39-29-18-16-27(37-35(41)25-12-8-6-9-13-25)22-31(29)43-33(39)20-24(3)21-34-40(5-2)30-19-17-28(23-32(30)44-34)38-36(42)26-14-10-7-11-15-26/h6-23H,4-5H2,1-3H3,(H-,37,38,41,42)/p+1. The minimum Gasteiger partial charge on any atom is -0.493 e. The largest absolute Gasteiger partial charge is 0.493 e. The lowest BCUT2D eigenvalue weighted by molar-refractivity contribution is -0.665. The average Bonchev–Trinajstić information content (AvgIpc) is 3.56. The van der Waals surface area contributed by atoms with Gasteiger partial charge in [-0.05, 0) is 87.0 Å². The summed E-state index contributed by atoms with van der Waals surface area (Å²) < 4.78 is 3.43. The van der Waals surface area contributed by atoms with Gasteiger partial charge in [-0.1, -0.05) is 59.5 Å². The van der Waals surface area contributed by atoms with Crippen molar-refractivity contribution in [2.24, 2.45) is 9.98 Å². The highest BCUT2D eigenvalue weighted by Gasteiger charge is 2.25. The van der Waals surface area contributed by atoms with Crippen molar-refractivity contribution in [3.8, 4) is 0 Å². The first-order chi connectivity index (χ1) is 21.4. The van der Waals surface area contributed by atoms with Gasteiger partial charge in [0, 0.05) is 34.7 Å². The van der Waals surface area contributed by atoms with Crippen molar-refractivity contribution in [1.82, 2.24) is 0 Å². The second-order valence-corrected chi connectivity index (χ2v) is 12.4. The molecule has 2 heterocycles. The van der Waals surface area contributed by atoms with Gasteiger partial charge in [-0.25, -0.2) is 9.98 Å². The number of allylic oxidation sites excluding steroid dienone is 2. The number of aliphatic hydroxyl groups is 2. The van der Waals surface area contributed by atoms with Gasteiger partial charge in [0.2, 0.25) is 17.3 Å². The molecule has 0 saturated heterocycles. The van der Waals surface area contributed by atoms with E-state index in [-0.39, 0.29) is 11.8 Å². The van der Waals surface area contributed by atoms with Crippen LogP contribution >= 0.6 is 23.1 Å². The molecule has 4 aromatic carbocycles. The Bertz CT molecular complexity index is 1940. The number of anilines is 1. The number of fused-ring (bicyclic) bond motifs is 2. The number of aromatic nitrogens is 1. The van der Waals surface area contributed by atoms with Gasteiger partial charge >= 0.3 is 0 Å². The van der Waals surface area contributed by atoms with Crippen molar-refractivity contribution < 1.29 is 14.8 Å². The molecular formula is C36H33N4O2S2+. The van der Waals surface area contributed by atoms with Crippen LogP contribution in [0, 0.1) is 0 Å². The third kappa shape index (κ3) is 6.18. The van der Waals surface area contributed by atoms with E-state index >= 15 is 0 Å². The van der Waals surface area contributed by atoms with E-state index in [2.05, 4.69) is 64.5 Å². The Balaban J connectivity index is 1.27. The van der Waals surface area contributed by atoms with Gasteiger partial charge in [0.25, 0.3) is 5.01 Å². The molecule has 0 aliphatic carbocycles. The predicted molar refractivity (Wildman–Crippen MR) is 185 cm³/mol. The number of hydrogen-bond donors (Lipinski definition) is 2. The molecule has 0 saturated carbocycles. The van der Waals surface area contributed by atoms with E-state index in [9.17, 15) is 10.2 Å². The molecule has 1 aromatic heterocycles. The fourth-order valence-corrected chi connectivity index (χ4v) is 7.71. The van der Waals surface area contributed by atoms with E-state index in [1.165, 1.54) is 0 Å². The number of aliphatic hydroxyl groups excluding tert-OH is 2. The van der Waals surface area contributed by atoms with Crippen molar-refractivity contribution >= 4 is 68.2 Å². The molecule has 0 atom stereocenters. The fraction of sp³-hybridized carbons (Fsp3) is 0.139. The molecule has 0 radical (unpaired) electrons. The Morgan fingerprint density at radius 3 is 2.05 bits per heavy atom.